The summed E-state index contributed by atoms with van der Waals surface area (Å²) in [5.41, 5.74) is 0. The van der Waals surface area contributed by atoms with Gasteiger partial charge in [0.25, 0.3) is 0 Å². The molecule has 24 heavy (non-hydrogen) atoms. The lowest BCUT2D eigenvalue weighted by Gasteiger charge is -2.08. The van der Waals surface area contributed by atoms with Gasteiger partial charge < -0.3 is 14.9 Å². The fourth-order valence-electron chi connectivity index (χ4n) is 2.59. The number of hydrogen-bond acceptors (Lipinski definition) is 4. The zero-order chi connectivity index (χ0) is 17.9. The summed E-state index contributed by atoms with van der Waals surface area (Å²) >= 11 is 0. The molecule has 0 aliphatic heterocycles. The third kappa shape index (κ3) is 17.5. The molecule has 0 spiro atoms. The second kappa shape index (κ2) is 18.5. The highest BCUT2D eigenvalue weighted by atomic mass is 16.6. The highest BCUT2D eigenvalue weighted by Gasteiger charge is 2.08. The minimum atomic E-state index is -1.37. The minimum Gasteiger partial charge on any atom is -0.433 e. The van der Waals surface area contributed by atoms with Crippen LogP contribution in [0.3, 0.4) is 0 Å². The number of aliphatic hydroxyl groups is 2. The average molecular weight is 343 g/mol. The molecule has 142 valence electrons. The quantitative estimate of drug-likeness (QED) is 0.171. The number of esters is 1. The lowest BCUT2D eigenvalue weighted by atomic mass is 10.1. The Balaban J connectivity index is 3.20. The first kappa shape index (κ1) is 23.1. The lowest BCUT2D eigenvalue weighted by Crippen LogP contribution is -2.20. The van der Waals surface area contributed by atoms with Crippen molar-refractivity contribution in [2.45, 2.75) is 103 Å². The van der Waals surface area contributed by atoms with E-state index in [0.29, 0.717) is 6.42 Å². The lowest BCUT2D eigenvalue weighted by molar-refractivity contribution is -0.173. The molecule has 0 aromatic rings. The molecule has 0 aromatic carbocycles. The van der Waals surface area contributed by atoms with Crippen LogP contribution in [0.15, 0.2) is 12.2 Å². The van der Waals surface area contributed by atoms with E-state index in [4.69, 9.17) is 10.2 Å². The van der Waals surface area contributed by atoms with Gasteiger partial charge in [-0.3, -0.25) is 4.79 Å². The van der Waals surface area contributed by atoms with Gasteiger partial charge in [-0.2, -0.15) is 0 Å². The molecular weight excluding hydrogens is 304 g/mol. The van der Waals surface area contributed by atoms with Crippen molar-refractivity contribution in [1.82, 2.24) is 0 Å². The Labute approximate surface area is 148 Å². The van der Waals surface area contributed by atoms with Crippen LogP contribution in [0, 0.1) is 0 Å². The largest absolute Gasteiger partial charge is 0.433 e. The van der Waals surface area contributed by atoms with Crippen LogP contribution >= 0.6 is 0 Å². The van der Waals surface area contributed by atoms with E-state index < -0.39 is 18.9 Å². The van der Waals surface area contributed by atoms with Gasteiger partial charge in [-0.1, -0.05) is 70.4 Å². The Morgan fingerprint density at radius 1 is 0.875 bits per heavy atom. The Kier molecular flexibility index (Phi) is 17.8. The zero-order valence-electron chi connectivity index (χ0n) is 15.5. The van der Waals surface area contributed by atoms with Crippen molar-refractivity contribution in [3.8, 4) is 0 Å². The van der Waals surface area contributed by atoms with Gasteiger partial charge in [0.1, 0.15) is 6.61 Å². The SMILES string of the molecule is CCCCCC/C=C\CCCCCCCCCC(=O)OC(O)CO. The van der Waals surface area contributed by atoms with Crippen molar-refractivity contribution in [2.24, 2.45) is 0 Å². The van der Waals surface area contributed by atoms with Gasteiger partial charge in [-0.05, 0) is 32.1 Å². The summed E-state index contributed by atoms with van der Waals surface area (Å²) < 4.78 is 4.58. The van der Waals surface area contributed by atoms with Gasteiger partial charge in [0, 0.05) is 6.42 Å². The number of ether oxygens (including phenoxy) is 1. The van der Waals surface area contributed by atoms with E-state index in [9.17, 15) is 4.79 Å². The molecule has 0 aromatic heterocycles. The molecule has 4 heteroatoms. The summed E-state index contributed by atoms with van der Waals surface area (Å²) in [6.07, 6.45) is 19.4. The van der Waals surface area contributed by atoms with Gasteiger partial charge in [0.15, 0.2) is 0 Å². The summed E-state index contributed by atoms with van der Waals surface area (Å²) in [4.78, 5) is 11.2. The first-order valence-corrected chi connectivity index (χ1v) is 9.84. The van der Waals surface area contributed by atoms with Crippen molar-refractivity contribution in [3.63, 3.8) is 0 Å². The Bertz CT molecular complexity index is 302. The molecule has 0 aliphatic rings. The summed E-state index contributed by atoms with van der Waals surface area (Å²) in [7, 11) is 0. The van der Waals surface area contributed by atoms with Crippen LogP contribution < -0.4 is 0 Å². The predicted octanol–water partition coefficient (Wildman–Crippen LogP) is 4.88. The van der Waals surface area contributed by atoms with Gasteiger partial charge in [-0.25, -0.2) is 0 Å². The molecule has 0 aliphatic carbocycles. The number of rotatable bonds is 17. The van der Waals surface area contributed by atoms with Crippen LogP contribution in [0.25, 0.3) is 0 Å². The molecule has 0 bridgehead atoms. The topological polar surface area (TPSA) is 66.8 Å². The van der Waals surface area contributed by atoms with Crippen LogP contribution in [0.2, 0.25) is 0 Å². The average Bonchev–Trinajstić information content (AvgIpc) is 2.58. The normalized spacial score (nSPS) is 12.6. The molecule has 0 heterocycles. The van der Waals surface area contributed by atoms with Crippen LogP contribution in [-0.4, -0.2) is 29.1 Å². The maximum atomic E-state index is 11.2. The van der Waals surface area contributed by atoms with Gasteiger partial charge in [0.2, 0.25) is 6.29 Å². The predicted molar refractivity (Wildman–Crippen MR) is 98.6 cm³/mol. The number of aliphatic hydroxyl groups excluding tert-OH is 2. The smallest absolute Gasteiger partial charge is 0.308 e. The Morgan fingerprint density at radius 2 is 1.38 bits per heavy atom. The maximum Gasteiger partial charge on any atom is 0.308 e. The molecule has 0 fully saturated rings. The maximum absolute atomic E-state index is 11.2. The highest BCUT2D eigenvalue weighted by Crippen LogP contribution is 2.11. The van der Waals surface area contributed by atoms with Crippen molar-refractivity contribution in [1.29, 1.82) is 0 Å². The Morgan fingerprint density at radius 3 is 1.92 bits per heavy atom. The molecule has 0 saturated heterocycles. The molecule has 0 amide bonds. The van der Waals surface area contributed by atoms with E-state index in [0.717, 1.165) is 19.3 Å². The molecule has 1 unspecified atom stereocenters. The van der Waals surface area contributed by atoms with Crippen LogP contribution in [0.5, 0.6) is 0 Å². The first-order chi connectivity index (χ1) is 11.7. The van der Waals surface area contributed by atoms with Crippen molar-refractivity contribution in [2.75, 3.05) is 6.61 Å². The number of carbonyl (C=O) groups is 1. The number of allylic oxidation sites excluding steroid dienone is 2. The zero-order valence-corrected chi connectivity index (χ0v) is 15.5. The van der Waals surface area contributed by atoms with Crippen LogP contribution in [0.4, 0.5) is 0 Å². The summed E-state index contributed by atoms with van der Waals surface area (Å²) in [6.45, 7) is 1.70. The van der Waals surface area contributed by atoms with Crippen molar-refractivity contribution >= 4 is 5.97 Å². The molecule has 0 rings (SSSR count). The molecule has 0 saturated carbocycles. The highest BCUT2D eigenvalue weighted by molar-refractivity contribution is 5.69. The monoisotopic (exact) mass is 342 g/mol. The molecule has 4 nitrogen and oxygen atoms in total. The third-order valence-corrected chi connectivity index (χ3v) is 4.07. The summed E-state index contributed by atoms with van der Waals surface area (Å²) in [5.74, 6) is -0.432. The van der Waals surface area contributed by atoms with E-state index >= 15 is 0 Å². The van der Waals surface area contributed by atoms with E-state index in [1.54, 1.807) is 0 Å². The van der Waals surface area contributed by atoms with E-state index in [1.807, 2.05) is 0 Å². The molecule has 1 atom stereocenters. The second-order valence-electron chi connectivity index (χ2n) is 6.46. The number of carbonyl (C=O) groups excluding carboxylic acids is 1. The van der Waals surface area contributed by atoms with Crippen LogP contribution in [-0.2, 0) is 9.53 Å². The van der Waals surface area contributed by atoms with Gasteiger partial charge >= 0.3 is 5.97 Å². The summed E-state index contributed by atoms with van der Waals surface area (Å²) in [5, 5.41) is 17.5. The van der Waals surface area contributed by atoms with Crippen molar-refractivity contribution < 1.29 is 19.7 Å². The van der Waals surface area contributed by atoms with E-state index in [2.05, 4.69) is 23.8 Å². The Hall–Kier alpha value is -0.870. The molecule has 0 radical (unpaired) electrons. The number of unbranched alkanes of at least 4 members (excludes halogenated alkanes) is 11. The van der Waals surface area contributed by atoms with Crippen molar-refractivity contribution in [3.05, 3.63) is 12.2 Å². The third-order valence-electron chi connectivity index (χ3n) is 4.07. The summed E-state index contributed by atoms with van der Waals surface area (Å²) in [6, 6.07) is 0. The second-order valence-corrected chi connectivity index (χ2v) is 6.46. The van der Waals surface area contributed by atoms with E-state index in [-0.39, 0.29) is 0 Å². The molecule has 2 N–H and O–H groups in total. The number of hydrogen-bond donors (Lipinski definition) is 2. The minimum absolute atomic E-state index is 0.320. The fourth-order valence-corrected chi connectivity index (χ4v) is 2.59. The first-order valence-electron chi connectivity index (χ1n) is 9.84. The molecular formula is C20H38O4. The van der Waals surface area contributed by atoms with Gasteiger partial charge in [0.05, 0.1) is 0 Å². The fraction of sp³-hybridized carbons (Fsp3) is 0.850. The van der Waals surface area contributed by atoms with E-state index in [1.165, 1.54) is 64.2 Å². The standard InChI is InChI=1S/C20H38O4/c1-2-3-4-5-6-7-8-9-10-11-12-13-14-15-16-17-19(22)24-20(23)18-21/h7-8,20-21,23H,2-6,9-18H2,1H3/b8-7-. The van der Waals surface area contributed by atoms with Crippen LogP contribution in [0.1, 0.15) is 96.8 Å². The van der Waals surface area contributed by atoms with Gasteiger partial charge in [-0.15, -0.1) is 0 Å².